The van der Waals surface area contributed by atoms with E-state index in [1.54, 1.807) is 0 Å². The topological polar surface area (TPSA) is 20.2 Å². The van der Waals surface area contributed by atoms with E-state index in [9.17, 15) is 5.11 Å². The van der Waals surface area contributed by atoms with Crippen molar-refractivity contribution >= 4 is 0 Å². The molecule has 4 aliphatic carbocycles. The minimum absolute atomic E-state index is 0.515. The quantitative estimate of drug-likeness (QED) is 0.445. The SMILES string of the molecule is CC(=CO)C(C)CC[C@@H](C)[C@H]1CC[C@H]2[C@@H]3CCC4C(C)CCC[C@]4(C)[C@H]3CC[C@]12C. The second kappa shape index (κ2) is 8.47. The van der Waals surface area contributed by atoms with Gasteiger partial charge in [-0.1, -0.05) is 47.5 Å². The van der Waals surface area contributed by atoms with Gasteiger partial charge in [0.2, 0.25) is 0 Å². The Morgan fingerprint density at radius 2 is 1.60 bits per heavy atom. The Morgan fingerprint density at radius 1 is 0.900 bits per heavy atom. The molecule has 1 heteroatoms. The molecule has 4 saturated carbocycles. The second-order valence-corrected chi connectivity index (χ2v) is 13.0. The van der Waals surface area contributed by atoms with Crippen molar-refractivity contribution in [2.75, 3.05) is 0 Å². The van der Waals surface area contributed by atoms with Crippen molar-refractivity contribution in [3.63, 3.8) is 0 Å². The molecule has 1 nitrogen and oxygen atoms in total. The summed E-state index contributed by atoms with van der Waals surface area (Å²) < 4.78 is 0. The van der Waals surface area contributed by atoms with E-state index in [0.717, 1.165) is 47.0 Å². The van der Waals surface area contributed by atoms with Gasteiger partial charge in [0.15, 0.2) is 0 Å². The Morgan fingerprint density at radius 3 is 2.33 bits per heavy atom. The van der Waals surface area contributed by atoms with Gasteiger partial charge in [-0.3, -0.25) is 0 Å². The summed E-state index contributed by atoms with van der Waals surface area (Å²) in [4.78, 5) is 0. The van der Waals surface area contributed by atoms with Gasteiger partial charge in [-0.25, -0.2) is 0 Å². The molecule has 0 aromatic rings. The maximum Gasteiger partial charge on any atom is 0.0783 e. The first-order chi connectivity index (χ1) is 14.2. The molecule has 4 aliphatic rings. The van der Waals surface area contributed by atoms with Gasteiger partial charge in [0, 0.05) is 0 Å². The summed E-state index contributed by atoms with van der Waals surface area (Å²) >= 11 is 0. The molecule has 0 aromatic heterocycles. The van der Waals surface area contributed by atoms with Crippen molar-refractivity contribution in [2.24, 2.45) is 58.2 Å². The summed E-state index contributed by atoms with van der Waals surface area (Å²) in [5.41, 5.74) is 2.38. The zero-order valence-corrected chi connectivity index (χ0v) is 20.9. The third-order valence-electron chi connectivity index (χ3n) is 11.8. The van der Waals surface area contributed by atoms with Gasteiger partial charge in [-0.05, 0) is 128 Å². The normalized spacial score (nSPS) is 48.4. The first-order valence-electron chi connectivity index (χ1n) is 13.5. The third-order valence-corrected chi connectivity index (χ3v) is 11.8. The summed E-state index contributed by atoms with van der Waals surface area (Å²) in [7, 11) is 0. The highest BCUT2D eigenvalue weighted by Gasteiger charge is 2.60. The molecule has 0 saturated heterocycles. The van der Waals surface area contributed by atoms with Crippen LogP contribution in [0.5, 0.6) is 0 Å². The Bertz CT molecular complexity index is 636. The first kappa shape index (κ1) is 22.7. The van der Waals surface area contributed by atoms with E-state index in [2.05, 4.69) is 41.5 Å². The monoisotopic (exact) mass is 414 g/mol. The predicted octanol–water partition coefficient (Wildman–Crippen LogP) is 8.80. The van der Waals surface area contributed by atoms with Crippen LogP contribution < -0.4 is 0 Å². The molecule has 4 fully saturated rings. The molecule has 0 aliphatic heterocycles. The fourth-order valence-electron chi connectivity index (χ4n) is 9.84. The molecule has 0 amide bonds. The van der Waals surface area contributed by atoms with Crippen molar-refractivity contribution in [3.8, 4) is 0 Å². The van der Waals surface area contributed by atoms with E-state index in [0.29, 0.717) is 16.7 Å². The zero-order chi connectivity index (χ0) is 21.7. The molecule has 1 N–H and O–H groups in total. The summed E-state index contributed by atoms with van der Waals surface area (Å²) in [6.45, 7) is 14.9. The molecule has 4 rings (SSSR count). The van der Waals surface area contributed by atoms with Crippen molar-refractivity contribution in [2.45, 2.75) is 112 Å². The minimum Gasteiger partial charge on any atom is -0.516 e. The average molecular weight is 415 g/mol. The van der Waals surface area contributed by atoms with Crippen LogP contribution in [0.1, 0.15) is 112 Å². The van der Waals surface area contributed by atoms with E-state index >= 15 is 0 Å². The zero-order valence-electron chi connectivity index (χ0n) is 20.9. The highest BCUT2D eigenvalue weighted by Crippen LogP contribution is 2.68. The fraction of sp³-hybridized carbons (Fsp3) is 0.931. The van der Waals surface area contributed by atoms with Gasteiger partial charge < -0.3 is 5.11 Å². The van der Waals surface area contributed by atoms with Gasteiger partial charge in [0.1, 0.15) is 0 Å². The van der Waals surface area contributed by atoms with Crippen molar-refractivity contribution < 1.29 is 5.11 Å². The van der Waals surface area contributed by atoms with Crippen molar-refractivity contribution in [3.05, 3.63) is 11.8 Å². The average Bonchev–Trinajstić information content (AvgIpc) is 3.08. The van der Waals surface area contributed by atoms with Crippen LogP contribution in [-0.2, 0) is 0 Å². The lowest BCUT2D eigenvalue weighted by Gasteiger charge is -2.62. The summed E-state index contributed by atoms with van der Waals surface area (Å²) in [5, 5.41) is 9.34. The van der Waals surface area contributed by atoms with Crippen LogP contribution in [0.2, 0.25) is 0 Å². The molecule has 0 bridgehead atoms. The van der Waals surface area contributed by atoms with Crippen LogP contribution >= 0.6 is 0 Å². The number of aliphatic hydroxyl groups is 1. The molecular formula is C29H50O. The Kier molecular flexibility index (Phi) is 6.42. The van der Waals surface area contributed by atoms with Gasteiger partial charge in [-0.2, -0.15) is 0 Å². The molecule has 3 unspecified atom stereocenters. The fourth-order valence-corrected chi connectivity index (χ4v) is 9.84. The Balaban J connectivity index is 1.46. The van der Waals surface area contributed by atoms with Crippen molar-refractivity contribution in [1.29, 1.82) is 0 Å². The molecule has 10 atom stereocenters. The van der Waals surface area contributed by atoms with Crippen LogP contribution in [0, 0.1) is 58.2 Å². The van der Waals surface area contributed by atoms with Gasteiger partial charge in [0.25, 0.3) is 0 Å². The van der Waals surface area contributed by atoms with Gasteiger partial charge in [0.05, 0.1) is 6.26 Å². The Hall–Kier alpha value is -0.460. The predicted molar refractivity (Wildman–Crippen MR) is 128 cm³/mol. The lowest BCUT2D eigenvalue weighted by molar-refractivity contribution is -0.127. The highest BCUT2D eigenvalue weighted by atomic mass is 16.2. The number of fused-ring (bicyclic) bond motifs is 5. The molecule has 0 heterocycles. The van der Waals surface area contributed by atoms with E-state index in [-0.39, 0.29) is 0 Å². The largest absolute Gasteiger partial charge is 0.516 e. The maximum atomic E-state index is 9.34. The molecule has 172 valence electrons. The standard InChI is InChI=1S/C29H50O/c1-19(22(4)18-30)9-10-21(3)25-13-14-26-23-11-12-24-20(2)8-7-16-28(24,5)27(23)15-17-29(25,26)6/h18-21,23-27,30H,7-17H2,1-6H3/t19?,20?,21-,23+,24?,25-,26+,27+,28+,29-/m1/s1. The van der Waals surface area contributed by atoms with Gasteiger partial charge >= 0.3 is 0 Å². The van der Waals surface area contributed by atoms with Crippen LogP contribution in [-0.4, -0.2) is 5.11 Å². The molecule has 0 spiro atoms. The molecule has 30 heavy (non-hydrogen) atoms. The van der Waals surface area contributed by atoms with E-state index < -0.39 is 0 Å². The number of aliphatic hydroxyl groups excluding tert-OH is 1. The molecule has 0 aromatic carbocycles. The first-order valence-corrected chi connectivity index (χ1v) is 13.5. The molecule has 0 radical (unpaired) electrons. The van der Waals surface area contributed by atoms with Gasteiger partial charge in [-0.15, -0.1) is 0 Å². The summed E-state index contributed by atoms with van der Waals surface area (Å²) in [6, 6.07) is 0. The van der Waals surface area contributed by atoms with E-state index in [4.69, 9.17) is 0 Å². The Labute approximate surface area is 187 Å². The van der Waals surface area contributed by atoms with Crippen molar-refractivity contribution in [1.82, 2.24) is 0 Å². The van der Waals surface area contributed by atoms with Crippen LogP contribution in [0.15, 0.2) is 11.8 Å². The number of hydrogen-bond donors (Lipinski definition) is 1. The third kappa shape index (κ3) is 3.59. The molecular weight excluding hydrogens is 364 g/mol. The highest BCUT2D eigenvalue weighted by molar-refractivity contribution is 5.10. The summed E-state index contributed by atoms with van der Waals surface area (Å²) in [5.74, 6) is 7.27. The lowest BCUT2D eigenvalue weighted by atomic mass is 9.43. The van der Waals surface area contributed by atoms with Crippen LogP contribution in [0.3, 0.4) is 0 Å². The minimum atomic E-state index is 0.515. The van der Waals surface area contributed by atoms with Crippen LogP contribution in [0.4, 0.5) is 0 Å². The number of rotatable bonds is 5. The number of hydrogen-bond acceptors (Lipinski definition) is 1. The number of allylic oxidation sites excluding steroid dienone is 1. The van der Waals surface area contributed by atoms with E-state index in [1.165, 1.54) is 76.9 Å². The lowest BCUT2D eigenvalue weighted by Crippen LogP contribution is -2.54. The summed E-state index contributed by atoms with van der Waals surface area (Å²) in [6.07, 6.45) is 17.4. The van der Waals surface area contributed by atoms with Crippen LogP contribution in [0.25, 0.3) is 0 Å². The van der Waals surface area contributed by atoms with E-state index in [1.807, 2.05) is 0 Å². The smallest absolute Gasteiger partial charge is 0.0783 e. The second-order valence-electron chi connectivity index (χ2n) is 13.0. The maximum absolute atomic E-state index is 9.34.